The second-order valence-electron chi connectivity index (χ2n) is 16.0. The van der Waals surface area contributed by atoms with Crippen molar-refractivity contribution >= 4 is 28.4 Å². The third-order valence-electron chi connectivity index (χ3n) is 12.0. The molecule has 0 bridgehead atoms. The van der Waals surface area contributed by atoms with Crippen LogP contribution in [0.15, 0.2) is 218 Å². The molecule has 0 saturated carbocycles. The first-order chi connectivity index (χ1) is 29.4. The molecule has 9 aromatic rings. The van der Waals surface area contributed by atoms with Crippen LogP contribution in [0.4, 0.5) is 28.4 Å². The van der Waals surface area contributed by atoms with Gasteiger partial charge in [-0.3, -0.25) is 0 Å². The van der Waals surface area contributed by atoms with Crippen LogP contribution < -0.4 is 10.2 Å². The minimum absolute atomic E-state index is 0.122. The van der Waals surface area contributed by atoms with Crippen molar-refractivity contribution in [3.8, 4) is 61.4 Å². The lowest BCUT2D eigenvalue weighted by atomic mass is 9.82. The quantitative estimate of drug-likeness (QED) is 0.153. The number of phenolic OH excluding ortho intramolecular Hbond substituents is 1. The lowest BCUT2D eigenvalue weighted by Gasteiger charge is -2.28. The Balaban J connectivity index is 1.06. The zero-order chi connectivity index (χ0) is 40.6. The van der Waals surface area contributed by atoms with E-state index in [1.54, 1.807) is 0 Å². The summed E-state index contributed by atoms with van der Waals surface area (Å²) < 4.78 is 0. The predicted molar refractivity (Wildman–Crippen MR) is 252 cm³/mol. The highest BCUT2D eigenvalue weighted by atomic mass is 16.3. The zero-order valence-electron chi connectivity index (χ0n) is 33.7. The number of hydrogen-bond acceptors (Lipinski definition) is 3. The number of para-hydroxylation sites is 2. The SMILES string of the molecule is CC1(C)c2ccccc2-c2ccc(N(c3ccc(-c4ccccc4)cc3)c3ccc(-c4ccc(Nc5ccccc5)c(-c5cccc(-c6ccccc6)c5O)c4)cc3)cc21. The van der Waals surface area contributed by atoms with E-state index in [9.17, 15) is 5.11 Å². The molecule has 0 fully saturated rings. The maximum absolute atomic E-state index is 11.9. The van der Waals surface area contributed by atoms with Gasteiger partial charge >= 0.3 is 0 Å². The molecule has 0 saturated heterocycles. The Kier molecular flexibility index (Phi) is 9.35. The molecule has 0 spiro atoms. The molecule has 288 valence electrons. The molecule has 0 aromatic heterocycles. The van der Waals surface area contributed by atoms with Crippen LogP contribution in [0.3, 0.4) is 0 Å². The second kappa shape index (κ2) is 15.3. The largest absolute Gasteiger partial charge is 0.507 e. The Bertz CT molecular complexity index is 2960. The molecule has 0 aliphatic heterocycles. The summed E-state index contributed by atoms with van der Waals surface area (Å²) in [4.78, 5) is 2.36. The topological polar surface area (TPSA) is 35.5 Å². The van der Waals surface area contributed by atoms with Gasteiger partial charge in [0, 0.05) is 50.5 Å². The fourth-order valence-corrected chi connectivity index (χ4v) is 8.86. The molecule has 0 unspecified atom stereocenters. The van der Waals surface area contributed by atoms with E-state index < -0.39 is 0 Å². The molecule has 0 heterocycles. The number of rotatable bonds is 9. The molecule has 1 aliphatic rings. The molecular weight excluding hydrogens is 729 g/mol. The number of aromatic hydroxyl groups is 1. The van der Waals surface area contributed by atoms with Crippen LogP contribution in [-0.2, 0) is 5.41 Å². The molecule has 0 radical (unpaired) electrons. The van der Waals surface area contributed by atoms with Crippen molar-refractivity contribution in [2.45, 2.75) is 19.3 Å². The minimum Gasteiger partial charge on any atom is -0.507 e. The van der Waals surface area contributed by atoms with Crippen LogP contribution in [0.1, 0.15) is 25.0 Å². The zero-order valence-corrected chi connectivity index (χ0v) is 33.7. The summed E-state index contributed by atoms with van der Waals surface area (Å²) in [5, 5.41) is 15.5. The summed E-state index contributed by atoms with van der Waals surface area (Å²) in [6, 6.07) is 76.7. The van der Waals surface area contributed by atoms with Crippen molar-refractivity contribution in [3.05, 3.63) is 230 Å². The molecule has 2 N–H and O–H groups in total. The van der Waals surface area contributed by atoms with Crippen molar-refractivity contribution in [1.29, 1.82) is 0 Å². The monoisotopic (exact) mass is 772 g/mol. The second-order valence-corrected chi connectivity index (χ2v) is 16.0. The van der Waals surface area contributed by atoms with Gasteiger partial charge in [-0.1, -0.05) is 172 Å². The smallest absolute Gasteiger partial charge is 0.131 e. The van der Waals surface area contributed by atoms with Gasteiger partial charge in [0.25, 0.3) is 0 Å². The van der Waals surface area contributed by atoms with E-state index in [1.165, 1.54) is 33.4 Å². The fourth-order valence-electron chi connectivity index (χ4n) is 8.86. The maximum Gasteiger partial charge on any atom is 0.131 e. The van der Waals surface area contributed by atoms with Crippen LogP contribution in [0, 0.1) is 0 Å². The lowest BCUT2D eigenvalue weighted by Crippen LogP contribution is -2.16. The van der Waals surface area contributed by atoms with Crippen molar-refractivity contribution < 1.29 is 5.11 Å². The number of phenols is 1. The highest BCUT2D eigenvalue weighted by Gasteiger charge is 2.35. The van der Waals surface area contributed by atoms with Gasteiger partial charge in [-0.05, 0) is 111 Å². The van der Waals surface area contributed by atoms with Crippen molar-refractivity contribution in [2.75, 3.05) is 10.2 Å². The minimum atomic E-state index is -0.122. The summed E-state index contributed by atoms with van der Waals surface area (Å²) in [7, 11) is 0. The Labute approximate surface area is 352 Å². The van der Waals surface area contributed by atoms with Gasteiger partial charge < -0.3 is 15.3 Å². The van der Waals surface area contributed by atoms with E-state index in [-0.39, 0.29) is 11.2 Å². The molecule has 0 atom stereocenters. The van der Waals surface area contributed by atoms with Crippen LogP contribution in [0.25, 0.3) is 55.6 Å². The van der Waals surface area contributed by atoms with E-state index in [2.05, 4.69) is 176 Å². The van der Waals surface area contributed by atoms with Gasteiger partial charge in [-0.25, -0.2) is 0 Å². The van der Waals surface area contributed by atoms with Crippen molar-refractivity contribution in [1.82, 2.24) is 0 Å². The van der Waals surface area contributed by atoms with E-state index in [0.717, 1.165) is 61.8 Å². The first kappa shape index (κ1) is 36.7. The maximum atomic E-state index is 11.9. The van der Waals surface area contributed by atoms with Gasteiger partial charge in [-0.2, -0.15) is 0 Å². The molecule has 10 rings (SSSR count). The van der Waals surface area contributed by atoms with Crippen LogP contribution in [-0.4, -0.2) is 5.11 Å². The standard InChI is InChI=1S/C57H44N2O/c1-57(2)53-24-13-12-21-49(53)50-35-34-47(38-54(50)57)59(45-30-25-40(26-31-45)39-15-6-3-7-16-39)46-32-27-41(28-33-46)43-29-36-55(58-44-19-10-5-11-20-44)52(37-43)51-23-14-22-48(56(51)60)42-17-8-4-9-18-42/h3-38,58,60H,1-2H3. The number of fused-ring (bicyclic) bond motifs is 3. The summed E-state index contributed by atoms with van der Waals surface area (Å²) in [5.74, 6) is 0.252. The summed E-state index contributed by atoms with van der Waals surface area (Å²) >= 11 is 0. The molecule has 9 aromatic carbocycles. The van der Waals surface area contributed by atoms with Crippen LogP contribution in [0.2, 0.25) is 0 Å². The van der Waals surface area contributed by atoms with Gasteiger partial charge in [0.15, 0.2) is 0 Å². The normalized spacial score (nSPS) is 12.4. The van der Waals surface area contributed by atoms with Gasteiger partial charge in [0.05, 0.1) is 0 Å². The van der Waals surface area contributed by atoms with Gasteiger partial charge in [0.1, 0.15) is 5.75 Å². The number of nitrogens with one attached hydrogen (secondary N) is 1. The first-order valence-electron chi connectivity index (χ1n) is 20.6. The fraction of sp³-hybridized carbons (Fsp3) is 0.0526. The van der Waals surface area contributed by atoms with Crippen LogP contribution >= 0.6 is 0 Å². The molecule has 3 nitrogen and oxygen atoms in total. The Hall–Kier alpha value is -7.62. The van der Waals surface area contributed by atoms with Crippen molar-refractivity contribution in [2.24, 2.45) is 0 Å². The Morgan fingerprint density at radius 2 is 0.867 bits per heavy atom. The summed E-state index contributed by atoms with van der Waals surface area (Å²) in [6.07, 6.45) is 0. The lowest BCUT2D eigenvalue weighted by molar-refractivity contribution is 0.479. The third-order valence-corrected chi connectivity index (χ3v) is 12.0. The number of benzene rings is 9. The predicted octanol–water partition coefficient (Wildman–Crippen LogP) is 15.6. The molecular formula is C57H44N2O. The number of hydrogen-bond donors (Lipinski definition) is 2. The van der Waals surface area contributed by atoms with E-state index in [0.29, 0.717) is 0 Å². The van der Waals surface area contributed by atoms with Gasteiger partial charge in [-0.15, -0.1) is 0 Å². The van der Waals surface area contributed by atoms with Crippen molar-refractivity contribution in [3.63, 3.8) is 0 Å². The summed E-state index contributed by atoms with van der Waals surface area (Å²) in [6.45, 7) is 4.67. The highest BCUT2D eigenvalue weighted by Crippen LogP contribution is 2.51. The average molecular weight is 773 g/mol. The molecule has 3 heteroatoms. The summed E-state index contributed by atoms with van der Waals surface area (Å²) in [5.41, 5.74) is 18.3. The molecule has 0 amide bonds. The Morgan fingerprint density at radius 3 is 1.55 bits per heavy atom. The first-order valence-corrected chi connectivity index (χ1v) is 20.6. The molecule has 1 aliphatic carbocycles. The van der Waals surface area contributed by atoms with E-state index in [4.69, 9.17) is 0 Å². The third kappa shape index (κ3) is 6.70. The van der Waals surface area contributed by atoms with Gasteiger partial charge in [0.2, 0.25) is 0 Å². The van der Waals surface area contributed by atoms with E-state index >= 15 is 0 Å². The highest BCUT2D eigenvalue weighted by molar-refractivity contribution is 5.92. The Morgan fingerprint density at radius 1 is 0.367 bits per heavy atom. The number of nitrogens with zero attached hydrogens (tertiary/aromatic N) is 1. The molecule has 60 heavy (non-hydrogen) atoms. The van der Waals surface area contributed by atoms with Crippen LogP contribution in [0.5, 0.6) is 5.75 Å². The number of anilines is 5. The average Bonchev–Trinajstić information content (AvgIpc) is 3.53. The van der Waals surface area contributed by atoms with E-state index in [1.807, 2.05) is 66.7 Å².